The van der Waals surface area contributed by atoms with E-state index in [1.807, 2.05) is 0 Å². The van der Waals surface area contributed by atoms with Crippen LogP contribution in [0.15, 0.2) is 36.4 Å². The molecule has 3 nitrogen and oxygen atoms in total. The molecule has 2 aromatic carbocycles. The van der Waals surface area contributed by atoms with E-state index in [0.717, 1.165) is 18.2 Å². The second-order valence-corrected chi connectivity index (χ2v) is 3.96. The monoisotopic (exact) mass is 264 g/mol. The third-order valence-corrected chi connectivity index (χ3v) is 2.54. The van der Waals surface area contributed by atoms with Crippen molar-refractivity contribution in [3.63, 3.8) is 0 Å². The van der Waals surface area contributed by atoms with Crippen LogP contribution >= 0.6 is 0 Å². The molecule has 2 aromatic rings. The summed E-state index contributed by atoms with van der Waals surface area (Å²) in [6.07, 6.45) is 0. The molecule has 19 heavy (non-hydrogen) atoms. The Morgan fingerprint density at radius 2 is 1.68 bits per heavy atom. The zero-order chi connectivity index (χ0) is 14.0. The number of rotatable bonds is 3. The highest BCUT2D eigenvalue weighted by Crippen LogP contribution is 2.29. The van der Waals surface area contributed by atoms with Crippen LogP contribution in [0.5, 0.6) is 11.5 Å². The minimum absolute atomic E-state index is 0.0393. The van der Waals surface area contributed by atoms with E-state index < -0.39 is 17.6 Å². The Morgan fingerprint density at radius 3 is 2.37 bits per heavy atom. The first-order valence-electron chi connectivity index (χ1n) is 5.44. The lowest BCUT2D eigenvalue weighted by molar-refractivity contribution is 0.0693. The van der Waals surface area contributed by atoms with Crippen molar-refractivity contribution in [3.8, 4) is 11.5 Å². The largest absolute Gasteiger partial charge is 0.478 e. The number of benzene rings is 2. The molecular weight excluding hydrogens is 254 g/mol. The van der Waals surface area contributed by atoms with E-state index >= 15 is 0 Å². The Hall–Kier alpha value is -2.43. The molecule has 0 spiro atoms. The lowest BCUT2D eigenvalue weighted by atomic mass is 10.2. The Balaban J connectivity index is 2.43. The number of aryl methyl sites for hydroxylation is 1. The maximum Gasteiger partial charge on any atom is 0.339 e. The van der Waals surface area contributed by atoms with Crippen LogP contribution in [-0.2, 0) is 0 Å². The molecule has 0 aromatic heterocycles. The predicted octanol–water partition coefficient (Wildman–Crippen LogP) is 3.76. The van der Waals surface area contributed by atoms with Gasteiger partial charge in [0.2, 0.25) is 0 Å². The van der Waals surface area contributed by atoms with E-state index in [4.69, 9.17) is 9.84 Å². The number of aromatic carboxylic acids is 1. The van der Waals surface area contributed by atoms with Crippen molar-refractivity contribution in [3.05, 3.63) is 59.2 Å². The van der Waals surface area contributed by atoms with Gasteiger partial charge in [0.05, 0.1) is 0 Å². The minimum Gasteiger partial charge on any atom is -0.478 e. The normalized spacial score (nSPS) is 10.3. The Kier molecular flexibility index (Phi) is 3.46. The van der Waals surface area contributed by atoms with Gasteiger partial charge in [0.25, 0.3) is 0 Å². The van der Waals surface area contributed by atoms with Gasteiger partial charge < -0.3 is 9.84 Å². The SMILES string of the molecule is Cc1ccc(F)cc1Oc1ccc(F)cc1C(=O)O. The van der Waals surface area contributed by atoms with Crippen molar-refractivity contribution in [2.45, 2.75) is 6.92 Å². The maximum absolute atomic E-state index is 13.1. The average molecular weight is 264 g/mol. The van der Waals surface area contributed by atoms with Crippen molar-refractivity contribution in [2.75, 3.05) is 0 Å². The third kappa shape index (κ3) is 2.88. The Labute approximate surface area is 108 Å². The van der Waals surface area contributed by atoms with E-state index in [1.165, 1.54) is 18.2 Å². The summed E-state index contributed by atoms with van der Waals surface area (Å²) in [5.41, 5.74) is 0.325. The number of carbonyl (C=O) groups is 1. The first kappa shape index (κ1) is 13.0. The number of carboxylic acid groups (broad SMARTS) is 1. The average Bonchev–Trinajstić information content (AvgIpc) is 2.35. The fraction of sp³-hybridized carbons (Fsp3) is 0.0714. The van der Waals surface area contributed by atoms with Crippen LogP contribution in [0.2, 0.25) is 0 Å². The fourth-order valence-electron chi connectivity index (χ4n) is 1.56. The zero-order valence-corrected chi connectivity index (χ0v) is 9.98. The molecule has 0 unspecified atom stereocenters. The summed E-state index contributed by atoms with van der Waals surface area (Å²) in [7, 11) is 0. The lowest BCUT2D eigenvalue weighted by Crippen LogP contribution is -2.01. The summed E-state index contributed by atoms with van der Waals surface area (Å²) in [6, 6.07) is 7.05. The summed E-state index contributed by atoms with van der Waals surface area (Å²) in [5.74, 6) is -2.35. The molecule has 1 N–H and O–H groups in total. The molecule has 98 valence electrons. The predicted molar refractivity (Wildman–Crippen MR) is 64.6 cm³/mol. The van der Waals surface area contributed by atoms with Crippen LogP contribution in [0.3, 0.4) is 0 Å². The standard InChI is InChI=1S/C14H10F2O3/c1-8-2-3-10(16)7-13(8)19-12-5-4-9(15)6-11(12)14(17)18/h2-7H,1H3,(H,17,18). The molecule has 0 atom stereocenters. The van der Waals surface area contributed by atoms with Crippen LogP contribution in [0.25, 0.3) is 0 Å². The highest BCUT2D eigenvalue weighted by atomic mass is 19.1. The lowest BCUT2D eigenvalue weighted by Gasteiger charge is -2.11. The molecule has 2 rings (SSSR count). The number of carboxylic acids is 1. The summed E-state index contributed by atoms with van der Waals surface area (Å²) >= 11 is 0. The van der Waals surface area contributed by atoms with Crippen LogP contribution in [-0.4, -0.2) is 11.1 Å². The zero-order valence-electron chi connectivity index (χ0n) is 9.98. The van der Waals surface area contributed by atoms with Crippen molar-refractivity contribution in [1.29, 1.82) is 0 Å². The summed E-state index contributed by atoms with van der Waals surface area (Å²) in [4.78, 5) is 11.0. The molecule has 0 bridgehead atoms. The first-order chi connectivity index (χ1) is 8.97. The molecule has 0 radical (unpaired) electrons. The van der Waals surface area contributed by atoms with Crippen LogP contribution in [0.1, 0.15) is 15.9 Å². The van der Waals surface area contributed by atoms with E-state index in [1.54, 1.807) is 6.92 Å². The van der Waals surface area contributed by atoms with E-state index in [9.17, 15) is 13.6 Å². The van der Waals surface area contributed by atoms with Crippen molar-refractivity contribution in [1.82, 2.24) is 0 Å². The van der Waals surface area contributed by atoms with Gasteiger partial charge in [-0.15, -0.1) is 0 Å². The van der Waals surface area contributed by atoms with Crippen LogP contribution in [0, 0.1) is 18.6 Å². The summed E-state index contributed by atoms with van der Waals surface area (Å²) in [6.45, 7) is 1.69. The second-order valence-electron chi connectivity index (χ2n) is 3.96. The van der Waals surface area contributed by atoms with Gasteiger partial charge in [-0.1, -0.05) is 6.07 Å². The van der Waals surface area contributed by atoms with Crippen molar-refractivity contribution >= 4 is 5.97 Å². The highest BCUT2D eigenvalue weighted by Gasteiger charge is 2.14. The topological polar surface area (TPSA) is 46.5 Å². The fourth-order valence-corrected chi connectivity index (χ4v) is 1.56. The van der Waals surface area contributed by atoms with Crippen LogP contribution < -0.4 is 4.74 Å². The van der Waals surface area contributed by atoms with E-state index in [0.29, 0.717) is 5.56 Å². The molecule has 0 fully saturated rings. The Bertz CT molecular complexity index is 639. The molecule has 0 amide bonds. The van der Waals surface area contributed by atoms with Gasteiger partial charge in [0, 0.05) is 6.07 Å². The van der Waals surface area contributed by atoms with Crippen molar-refractivity contribution < 1.29 is 23.4 Å². The first-order valence-corrected chi connectivity index (χ1v) is 5.44. The van der Waals surface area contributed by atoms with Gasteiger partial charge in [0.15, 0.2) is 0 Å². The molecule has 0 aliphatic carbocycles. The summed E-state index contributed by atoms with van der Waals surface area (Å²) in [5, 5.41) is 8.97. The number of hydrogen-bond acceptors (Lipinski definition) is 2. The van der Waals surface area contributed by atoms with E-state index in [2.05, 4.69) is 0 Å². The molecule has 0 heterocycles. The highest BCUT2D eigenvalue weighted by molar-refractivity contribution is 5.91. The smallest absolute Gasteiger partial charge is 0.339 e. The Morgan fingerprint density at radius 1 is 1.05 bits per heavy atom. The quantitative estimate of drug-likeness (QED) is 0.918. The van der Waals surface area contributed by atoms with Gasteiger partial charge in [-0.3, -0.25) is 0 Å². The summed E-state index contributed by atoms with van der Waals surface area (Å²) < 4.78 is 31.5. The number of ether oxygens (including phenoxy) is 1. The number of halogens is 2. The van der Waals surface area contributed by atoms with Gasteiger partial charge in [-0.05, 0) is 36.8 Å². The van der Waals surface area contributed by atoms with Gasteiger partial charge >= 0.3 is 5.97 Å². The molecular formula is C14H10F2O3. The molecule has 0 aliphatic rings. The molecule has 0 saturated carbocycles. The third-order valence-electron chi connectivity index (χ3n) is 2.54. The second kappa shape index (κ2) is 5.06. The minimum atomic E-state index is -1.32. The number of hydrogen-bond donors (Lipinski definition) is 1. The molecule has 0 aliphatic heterocycles. The van der Waals surface area contributed by atoms with Gasteiger partial charge in [0.1, 0.15) is 28.7 Å². The van der Waals surface area contributed by atoms with Crippen molar-refractivity contribution in [2.24, 2.45) is 0 Å². The molecule has 5 heteroatoms. The van der Waals surface area contributed by atoms with E-state index in [-0.39, 0.29) is 17.1 Å². The molecule has 0 saturated heterocycles. The van der Waals surface area contributed by atoms with Crippen LogP contribution in [0.4, 0.5) is 8.78 Å². The van der Waals surface area contributed by atoms with Gasteiger partial charge in [-0.2, -0.15) is 0 Å². The maximum atomic E-state index is 13.1. The van der Waals surface area contributed by atoms with Gasteiger partial charge in [-0.25, -0.2) is 13.6 Å².